The molecule has 23 heavy (non-hydrogen) atoms. The SMILES string of the molecule is COc1ccc2nc([C@H]3CCN(Cc4cccnc4)C3)[nH]c2c1. The second-order valence-electron chi connectivity index (χ2n) is 6.09. The highest BCUT2D eigenvalue weighted by atomic mass is 16.5. The lowest BCUT2D eigenvalue weighted by atomic mass is 10.1. The molecule has 4 rings (SSSR count). The summed E-state index contributed by atoms with van der Waals surface area (Å²) in [5.41, 5.74) is 3.32. The van der Waals surface area contributed by atoms with E-state index in [4.69, 9.17) is 9.72 Å². The number of fused-ring (bicyclic) bond motifs is 1. The van der Waals surface area contributed by atoms with E-state index in [0.717, 1.165) is 48.7 Å². The minimum Gasteiger partial charge on any atom is -0.497 e. The monoisotopic (exact) mass is 308 g/mol. The number of ether oxygens (including phenoxy) is 1. The van der Waals surface area contributed by atoms with Crippen molar-refractivity contribution in [1.29, 1.82) is 0 Å². The van der Waals surface area contributed by atoms with Crippen molar-refractivity contribution in [2.45, 2.75) is 18.9 Å². The number of likely N-dealkylation sites (tertiary alicyclic amines) is 1. The molecule has 0 amide bonds. The number of rotatable bonds is 4. The van der Waals surface area contributed by atoms with Crippen LogP contribution in [-0.4, -0.2) is 40.1 Å². The topological polar surface area (TPSA) is 54.0 Å². The van der Waals surface area contributed by atoms with Gasteiger partial charge in [-0.2, -0.15) is 0 Å². The lowest BCUT2D eigenvalue weighted by Gasteiger charge is -2.15. The van der Waals surface area contributed by atoms with E-state index in [1.165, 1.54) is 5.56 Å². The van der Waals surface area contributed by atoms with Crippen LogP contribution >= 0.6 is 0 Å². The molecule has 3 heterocycles. The molecule has 0 aliphatic carbocycles. The van der Waals surface area contributed by atoms with Crippen LogP contribution in [0.25, 0.3) is 11.0 Å². The zero-order valence-electron chi connectivity index (χ0n) is 13.2. The molecule has 1 N–H and O–H groups in total. The van der Waals surface area contributed by atoms with E-state index >= 15 is 0 Å². The molecule has 0 spiro atoms. The van der Waals surface area contributed by atoms with Crippen molar-refractivity contribution >= 4 is 11.0 Å². The Morgan fingerprint density at radius 2 is 2.30 bits per heavy atom. The number of aromatic nitrogens is 3. The van der Waals surface area contributed by atoms with Crippen molar-refractivity contribution in [1.82, 2.24) is 19.9 Å². The average molecular weight is 308 g/mol. The molecule has 3 aromatic rings. The number of nitrogens with one attached hydrogen (secondary N) is 1. The zero-order valence-corrected chi connectivity index (χ0v) is 13.2. The molecular weight excluding hydrogens is 288 g/mol. The minimum absolute atomic E-state index is 0.463. The van der Waals surface area contributed by atoms with E-state index < -0.39 is 0 Å². The summed E-state index contributed by atoms with van der Waals surface area (Å²) < 4.78 is 5.28. The minimum atomic E-state index is 0.463. The highest BCUT2D eigenvalue weighted by Crippen LogP contribution is 2.28. The maximum atomic E-state index is 5.28. The van der Waals surface area contributed by atoms with Crippen LogP contribution in [0.3, 0.4) is 0 Å². The van der Waals surface area contributed by atoms with Crippen LogP contribution in [0.15, 0.2) is 42.7 Å². The van der Waals surface area contributed by atoms with Crippen LogP contribution in [0.4, 0.5) is 0 Å². The van der Waals surface area contributed by atoms with Gasteiger partial charge in [-0.25, -0.2) is 4.98 Å². The van der Waals surface area contributed by atoms with Crippen LogP contribution in [0, 0.1) is 0 Å². The molecule has 1 atom stereocenters. The molecular formula is C18H20N4O. The lowest BCUT2D eigenvalue weighted by Crippen LogP contribution is -2.20. The summed E-state index contributed by atoms with van der Waals surface area (Å²) in [6.07, 6.45) is 4.90. The van der Waals surface area contributed by atoms with Gasteiger partial charge < -0.3 is 9.72 Å². The lowest BCUT2D eigenvalue weighted by molar-refractivity contribution is 0.325. The van der Waals surface area contributed by atoms with Crippen molar-refractivity contribution in [2.75, 3.05) is 20.2 Å². The fourth-order valence-corrected chi connectivity index (χ4v) is 3.28. The first-order valence-electron chi connectivity index (χ1n) is 7.97. The fraction of sp³-hybridized carbons (Fsp3) is 0.333. The van der Waals surface area contributed by atoms with E-state index in [2.05, 4.69) is 20.9 Å². The number of H-pyrrole nitrogens is 1. The summed E-state index contributed by atoms with van der Waals surface area (Å²) in [5, 5.41) is 0. The number of hydrogen-bond donors (Lipinski definition) is 1. The summed E-state index contributed by atoms with van der Waals surface area (Å²) in [7, 11) is 1.69. The molecule has 2 aromatic heterocycles. The predicted octanol–water partition coefficient (Wildman–Crippen LogP) is 2.96. The second-order valence-corrected chi connectivity index (χ2v) is 6.09. The standard InChI is InChI=1S/C18H20N4O/c1-23-15-4-5-16-17(9-15)21-18(20-16)14-6-8-22(12-14)11-13-3-2-7-19-10-13/h2-5,7,9-10,14H,6,8,11-12H2,1H3,(H,20,21)/t14-/m0/s1. The average Bonchev–Trinajstić information content (AvgIpc) is 3.21. The van der Waals surface area contributed by atoms with E-state index in [9.17, 15) is 0 Å². The smallest absolute Gasteiger partial charge is 0.121 e. The molecule has 5 heteroatoms. The molecule has 0 bridgehead atoms. The Balaban J connectivity index is 1.49. The van der Waals surface area contributed by atoms with Gasteiger partial charge in [0, 0.05) is 37.5 Å². The van der Waals surface area contributed by atoms with Crippen molar-refractivity contribution in [3.63, 3.8) is 0 Å². The van der Waals surface area contributed by atoms with Gasteiger partial charge in [-0.05, 0) is 36.7 Å². The first kappa shape index (κ1) is 14.2. The summed E-state index contributed by atoms with van der Waals surface area (Å²) in [6.45, 7) is 3.09. The van der Waals surface area contributed by atoms with Crippen LogP contribution in [-0.2, 0) is 6.54 Å². The Morgan fingerprint density at radius 1 is 1.35 bits per heavy atom. The van der Waals surface area contributed by atoms with E-state index in [-0.39, 0.29) is 0 Å². The van der Waals surface area contributed by atoms with Crippen LogP contribution in [0.1, 0.15) is 23.7 Å². The molecule has 0 saturated carbocycles. The Labute approximate surface area is 135 Å². The maximum absolute atomic E-state index is 5.28. The third kappa shape index (κ3) is 2.92. The van der Waals surface area contributed by atoms with E-state index in [0.29, 0.717) is 5.92 Å². The number of hydrogen-bond acceptors (Lipinski definition) is 4. The van der Waals surface area contributed by atoms with E-state index in [1.807, 2.05) is 36.7 Å². The first-order chi connectivity index (χ1) is 11.3. The zero-order chi connectivity index (χ0) is 15.6. The highest BCUT2D eigenvalue weighted by Gasteiger charge is 2.26. The van der Waals surface area contributed by atoms with Gasteiger partial charge in [-0.3, -0.25) is 9.88 Å². The fourth-order valence-electron chi connectivity index (χ4n) is 3.28. The van der Waals surface area contributed by atoms with Gasteiger partial charge >= 0.3 is 0 Å². The molecule has 1 aliphatic heterocycles. The third-order valence-electron chi connectivity index (χ3n) is 4.50. The molecule has 1 aliphatic rings. The molecule has 1 fully saturated rings. The Bertz CT molecular complexity index is 799. The van der Waals surface area contributed by atoms with E-state index in [1.54, 1.807) is 7.11 Å². The molecule has 118 valence electrons. The summed E-state index contributed by atoms with van der Waals surface area (Å²) in [5.74, 6) is 2.41. The Kier molecular flexibility index (Phi) is 3.71. The van der Waals surface area contributed by atoms with Crippen molar-refractivity contribution in [3.8, 4) is 5.75 Å². The van der Waals surface area contributed by atoms with Gasteiger partial charge in [-0.1, -0.05) is 6.07 Å². The Morgan fingerprint density at radius 3 is 3.13 bits per heavy atom. The number of nitrogens with zero attached hydrogens (tertiary/aromatic N) is 3. The van der Waals surface area contributed by atoms with Gasteiger partial charge in [0.05, 0.1) is 18.1 Å². The van der Waals surface area contributed by atoms with Crippen molar-refractivity contribution in [3.05, 3.63) is 54.1 Å². The normalized spacial score (nSPS) is 18.6. The summed E-state index contributed by atoms with van der Waals surface area (Å²) in [4.78, 5) is 14.9. The molecule has 1 aromatic carbocycles. The number of benzene rings is 1. The maximum Gasteiger partial charge on any atom is 0.121 e. The molecule has 0 unspecified atom stereocenters. The number of aromatic amines is 1. The van der Waals surface area contributed by atoms with Gasteiger partial charge in [0.15, 0.2) is 0 Å². The van der Waals surface area contributed by atoms with Crippen molar-refractivity contribution < 1.29 is 4.74 Å². The predicted molar refractivity (Wildman–Crippen MR) is 89.5 cm³/mol. The Hall–Kier alpha value is -2.40. The number of methoxy groups -OCH3 is 1. The summed E-state index contributed by atoms with van der Waals surface area (Å²) in [6, 6.07) is 10.1. The first-order valence-corrected chi connectivity index (χ1v) is 7.97. The number of imidazole rings is 1. The second kappa shape index (κ2) is 6.01. The third-order valence-corrected chi connectivity index (χ3v) is 4.50. The van der Waals surface area contributed by atoms with Gasteiger partial charge in [0.2, 0.25) is 0 Å². The molecule has 5 nitrogen and oxygen atoms in total. The van der Waals surface area contributed by atoms with Crippen LogP contribution < -0.4 is 4.74 Å². The van der Waals surface area contributed by atoms with Crippen LogP contribution in [0.5, 0.6) is 5.75 Å². The highest BCUT2D eigenvalue weighted by molar-refractivity contribution is 5.76. The number of pyridine rings is 1. The molecule has 0 radical (unpaired) electrons. The van der Waals surface area contributed by atoms with Crippen LogP contribution in [0.2, 0.25) is 0 Å². The quantitative estimate of drug-likeness (QED) is 0.805. The van der Waals surface area contributed by atoms with Gasteiger partial charge in [-0.15, -0.1) is 0 Å². The largest absolute Gasteiger partial charge is 0.497 e. The van der Waals surface area contributed by atoms with Gasteiger partial charge in [0.25, 0.3) is 0 Å². The summed E-state index contributed by atoms with van der Waals surface area (Å²) >= 11 is 0. The molecule has 1 saturated heterocycles. The van der Waals surface area contributed by atoms with Crippen molar-refractivity contribution in [2.24, 2.45) is 0 Å². The van der Waals surface area contributed by atoms with Gasteiger partial charge in [0.1, 0.15) is 11.6 Å².